The molecule has 4 aromatic rings. The molecule has 3 aromatic carbocycles. The van der Waals surface area contributed by atoms with Crippen molar-refractivity contribution in [1.82, 2.24) is 14.5 Å². The van der Waals surface area contributed by atoms with E-state index in [0.29, 0.717) is 32.7 Å². The summed E-state index contributed by atoms with van der Waals surface area (Å²) in [5.74, 6) is 2.11. The van der Waals surface area contributed by atoms with Gasteiger partial charge in [0, 0.05) is 25.4 Å². The Balaban J connectivity index is 1.36. The number of hydrogen-bond acceptors (Lipinski definition) is 3. The van der Waals surface area contributed by atoms with Crippen LogP contribution in [0.3, 0.4) is 0 Å². The number of carbonyl (C=O) groups is 1. The van der Waals surface area contributed by atoms with E-state index in [9.17, 15) is 4.79 Å². The molecule has 0 radical (unpaired) electrons. The third-order valence-corrected chi connectivity index (χ3v) is 5.81. The summed E-state index contributed by atoms with van der Waals surface area (Å²) in [6.45, 7) is 2.57. The van der Waals surface area contributed by atoms with Gasteiger partial charge >= 0.3 is 0 Å². The van der Waals surface area contributed by atoms with E-state index in [1.54, 1.807) is 0 Å². The van der Waals surface area contributed by atoms with Crippen LogP contribution >= 0.6 is 0 Å². The number of hydrogen-bond donors (Lipinski definition) is 0. The second-order valence-corrected chi connectivity index (χ2v) is 7.93. The second kappa shape index (κ2) is 8.64. The Labute approximate surface area is 181 Å². The Morgan fingerprint density at radius 2 is 1.61 bits per heavy atom. The Bertz CT molecular complexity index is 1170. The summed E-state index contributed by atoms with van der Waals surface area (Å²) < 4.78 is 8.17. The zero-order chi connectivity index (χ0) is 21.0. The highest BCUT2D eigenvalue weighted by atomic mass is 16.5. The summed E-state index contributed by atoms with van der Waals surface area (Å²) in [7, 11) is 0. The van der Waals surface area contributed by atoms with Crippen molar-refractivity contribution < 1.29 is 9.53 Å². The summed E-state index contributed by atoms with van der Waals surface area (Å²) >= 11 is 0. The number of rotatable bonds is 7. The Morgan fingerprint density at radius 3 is 2.42 bits per heavy atom. The van der Waals surface area contributed by atoms with Gasteiger partial charge in [-0.25, -0.2) is 4.98 Å². The average molecular weight is 412 g/mol. The van der Waals surface area contributed by atoms with E-state index in [1.165, 1.54) is 0 Å². The van der Waals surface area contributed by atoms with Crippen LogP contribution in [0, 0.1) is 0 Å². The quantitative estimate of drug-likeness (QED) is 0.445. The van der Waals surface area contributed by atoms with E-state index in [4.69, 9.17) is 9.72 Å². The molecule has 0 bridgehead atoms. The number of aromatic nitrogens is 2. The number of likely N-dealkylation sites (tertiary alicyclic amines) is 1. The Kier molecular flexibility index (Phi) is 5.40. The molecule has 1 saturated heterocycles. The highest BCUT2D eigenvalue weighted by molar-refractivity contribution is 5.81. The lowest BCUT2D eigenvalue weighted by atomic mass is 10.1. The third kappa shape index (κ3) is 4.17. The van der Waals surface area contributed by atoms with Gasteiger partial charge in [-0.1, -0.05) is 60.7 Å². The van der Waals surface area contributed by atoms with Crippen LogP contribution in [0.25, 0.3) is 11.0 Å². The van der Waals surface area contributed by atoms with Crippen molar-refractivity contribution >= 4 is 16.9 Å². The van der Waals surface area contributed by atoms with Crippen molar-refractivity contribution in [1.29, 1.82) is 0 Å². The molecule has 156 valence electrons. The van der Waals surface area contributed by atoms with Crippen LogP contribution in [0.5, 0.6) is 5.75 Å². The SMILES string of the molecule is O=C1CC(c2nc3ccccc3n2CCOc2ccccc2)CN1Cc1ccccc1. The molecule has 1 aliphatic heterocycles. The fraction of sp³-hybridized carbons (Fsp3) is 0.231. The summed E-state index contributed by atoms with van der Waals surface area (Å²) in [4.78, 5) is 19.6. The van der Waals surface area contributed by atoms with Gasteiger partial charge < -0.3 is 14.2 Å². The molecule has 31 heavy (non-hydrogen) atoms. The molecule has 1 atom stereocenters. The molecule has 5 heteroatoms. The normalized spacial score (nSPS) is 16.2. The van der Waals surface area contributed by atoms with E-state index in [0.717, 1.165) is 28.2 Å². The molecule has 0 spiro atoms. The first kappa shape index (κ1) is 19.4. The molecule has 0 N–H and O–H groups in total. The van der Waals surface area contributed by atoms with E-state index in [1.807, 2.05) is 71.6 Å². The summed E-state index contributed by atoms with van der Waals surface area (Å²) in [6, 6.07) is 28.2. The fourth-order valence-corrected chi connectivity index (χ4v) is 4.31. The molecule has 1 aromatic heterocycles. The Morgan fingerprint density at radius 1 is 0.903 bits per heavy atom. The third-order valence-electron chi connectivity index (χ3n) is 5.81. The molecule has 1 amide bonds. The van der Waals surface area contributed by atoms with Crippen LogP contribution in [-0.4, -0.2) is 33.5 Å². The minimum atomic E-state index is 0.0836. The van der Waals surface area contributed by atoms with Crippen LogP contribution in [0.2, 0.25) is 0 Å². The standard InChI is InChI=1S/C26H25N3O2/c30-25-17-21(19-28(25)18-20-9-3-1-4-10-20)26-27-23-13-7-8-14-24(23)29(26)15-16-31-22-11-5-2-6-12-22/h1-14,21H,15-19H2. The maximum absolute atomic E-state index is 12.8. The molecular formula is C26H25N3O2. The summed E-state index contributed by atoms with van der Waals surface area (Å²) in [5.41, 5.74) is 3.20. The average Bonchev–Trinajstić information content (AvgIpc) is 3.36. The van der Waals surface area contributed by atoms with E-state index < -0.39 is 0 Å². The molecule has 2 heterocycles. The van der Waals surface area contributed by atoms with Crippen molar-refractivity contribution in [3.05, 3.63) is 96.3 Å². The Hall–Kier alpha value is -3.60. The van der Waals surface area contributed by atoms with Crippen molar-refractivity contribution in [2.75, 3.05) is 13.2 Å². The monoisotopic (exact) mass is 411 g/mol. The molecule has 0 saturated carbocycles. The zero-order valence-corrected chi connectivity index (χ0v) is 17.4. The maximum atomic E-state index is 12.8. The zero-order valence-electron chi connectivity index (χ0n) is 17.4. The van der Waals surface area contributed by atoms with Gasteiger partial charge in [-0.3, -0.25) is 4.79 Å². The van der Waals surface area contributed by atoms with Crippen molar-refractivity contribution in [3.8, 4) is 5.75 Å². The number of nitrogens with zero attached hydrogens (tertiary/aromatic N) is 3. The lowest BCUT2D eigenvalue weighted by Crippen LogP contribution is -2.24. The highest BCUT2D eigenvalue weighted by Crippen LogP contribution is 2.31. The number of amides is 1. The number of carbonyl (C=O) groups excluding carboxylic acids is 1. The van der Waals surface area contributed by atoms with Gasteiger partial charge in [0.25, 0.3) is 0 Å². The minimum Gasteiger partial charge on any atom is -0.492 e. The minimum absolute atomic E-state index is 0.0836. The molecule has 5 rings (SSSR count). The second-order valence-electron chi connectivity index (χ2n) is 7.93. The molecule has 1 fully saturated rings. The first-order valence-electron chi connectivity index (χ1n) is 10.7. The van der Waals surface area contributed by atoms with Crippen molar-refractivity contribution in [2.45, 2.75) is 25.4 Å². The number of benzene rings is 3. The predicted molar refractivity (Wildman–Crippen MR) is 121 cm³/mol. The summed E-state index contributed by atoms with van der Waals surface area (Å²) in [5, 5.41) is 0. The maximum Gasteiger partial charge on any atom is 0.223 e. The largest absolute Gasteiger partial charge is 0.492 e. The molecule has 1 unspecified atom stereocenters. The van der Waals surface area contributed by atoms with E-state index in [-0.39, 0.29) is 11.8 Å². The van der Waals surface area contributed by atoms with Crippen LogP contribution in [0.15, 0.2) is 84.9 Å². The van der Waals surface area contributed by atoms with Crippen molar-refractivity contribution in [2.24, 2.45) is 0 Å². The van der Waals surface area contributed by atoms with Crippen LogP contribution in [0.1, 0.15) is 23.7 Å². The summed E-state index contributed by atoms with van der Waals surface area (Å²) in [6.07, 6.45) is 0.496. The topological polar surface area (TPSA) is 47.4 Å². The van der Waals surface area contributed by atoms with Gasteiger partial charge in [-0.05, 0) is 29.8 Å². The fourth-order valence-electron chi connectivity index (χ4n) is 4.31. The van der Waals surface area contributed by atoms with Gasteiger partial charge in [-0.2, -0.15) is 0 Å². The van der Waals surface area contributed by atoms with Crippen LogP contribution in [-0.2, 0) is 17.9 Å². The van der Waals surface area contributed by atoms with E-state index >= 15 is 0 Å². The van der Waals surface area contributed by atoms with Crippen LogP contribution in [0.4, 0.5) is 0 Å². The first-order valence-corrected chi connectivity index (χ1v) is 10.7. The molecule has 0 aliphatic carbocycles. The number of ether oxygens (including phenoxy) is 1. The number of para-hydroxylation sites is 3. The predicted octanol–water partition coefficient (Wildman–Crippen LogP) is 4.63. The van der Waals surface area contributed by atoms with Gasteiger partial charge in [-0.15, -0.1) is 0 Å². The highest BCUT2D eigenvalue weighted by Gasteiger charge is 2.33. The number of fused-ring (bicyclic) bond motifs is 1. The molecular weight excluding hydrogens is 386 g/mol. The number of imidazole rings is 1. The van der Waals surface area contributed by atoms with Gasteiger partial charge in [0.1, 0.15) is 18.2 Å². The van der Waals surface area contributed by atoms with Crippen molar-refractivity contribution in [3.63, 3.8) is 0 Å². The lowest BCUT2D eigenvalue weighted by Gasteiger charge is -2.17. The van der Waals surface area contributed by atoms with Gasteiger partial charge in [0.05, 0.1) is 17.6 Å². The molecule has 5 nitrogen and oxygen atoms in total. The van der Waals surface area contributed by atoms with E-state index in [2.05, 4.69) is 22.8 Å². The smallest absolute Gasteiger partial charge is 0.223 e. The van der Waals surface area contributed by atoms with Crippen LogP contribution < -0.4 is 4.74 Å². The lowest BCUT2D eigenvalue weighted by molar-refractivity contribution is -0.128. The van der Waals surface area contributed by atoms with Gasteiger partial charge in [0.15, 0.2) is 0 Å². The first-order chi connectivity index (χ1) is 15.3. The van der Waals surface area contributed by atoms with Gasteiger partial charge in [0.2, 0.25) is 5.91 Å². The molecule has 1 aliphatic rings.